The van der Waals surface area contributed by atoms with Crippen molar-refractivity contribution in [3.8, 4) is 5.75 Å². The Morgan fingerprint density at radius 2 is 1.53 bits per heavy atom. The van der Waals surface area contributed by atoms with Crippen molar-refractivity contribution >= 4 is 45.6 Å². The fraction of sp³-hybridized carbons (Fsp3) is 0.355. The van der Waals surface area contributed by atoms with Gasteiger partial charge in [0, 0.05) is 51.7 Å². The molecular formula is C31H40N12O4. The van der Waals surface area contributed by atoms with Crippen molar-refractivity contribution < 1.29 is 18.7 Å². The maximum absolute atomic E-state index is 5.86. The van der Waals surface area contributed by atoms with Crippen LogP contribution in [0.25, 0.3) is 22.1 Å². The average Bonchev–Trinajstić information content (AvgIpc) is 3.78. The molecule has 0 aliphatic carbocycles. The smallest absolute Gasteiger partial charge is 0.223 e. The number of aryl methyl sites for hydroxylation is 1. The van der Waals surface area contributed by atoms with Gasteiger partial charge in [0.2, 0.25) is 17.8 Å². The average molecular weight is 645 g/mol. The molecule has 5 heterocycles. The third-order valence-electron chi connectivity index (χ3n) is 7.11. The van der Waals surface area contributed by atoms with Gasteiger partial charge in [0.15, 0.2) is 17.5 Å². The van der Waals surface area contributed by atoms with E-state index in [9.17, 15) is 0 Å². The Kier molecular flexibility index (Phi) is 10.6. The van der Waals surface area contributed by atoms with E-state index in [1.165, 1.54) is 0 Å². The Morgan fingerprint density at radius 3 is 2.19 bits per heavy atom. The van der Waals surface area contributed by atoms with Crippen LogP contribution >= 0.6 is 0 Å². The molecule has 0 aliphatic heterocycles. The molecule has 0 aliphatic rings. The lowest BCUT2D eigenvalue weighted by Crippen LogP contribution is -2.22. The second kappa shape index (κ2) is 15.2. The molecule has 0 saturated carbocycles. The lowest BCUT2D eigenvalue weighted by Gasteiger charge is -2.16. The van der Waals surface area contributed by atoms with Gasteiger partial charge in [-0.3, -0.25) is 0 Å². The minimum atomic E-state index is 0.128. The van der Waals surface area contributed by atoms with E-state index >= 15 is 0 Å². The quantitative estimate of drug-likeness (QED) is 0.142. The van der Waals surface area contributed by atoms with Crippen LogP contribution in [-0.4, -0.2) is 79.8 Å². The van der Waals surface area contributed by atoms with E-state index in [-0.39, 0.29) is 17.9 Å². The molecule has 0 bridgehead atoms. The number of ether oxygens (including phenoxy) is 3. The molecule has 1 aromatic carbocycles. The third-order valence-corrected chi connectivity index (χ3v) is 7.11. The molecule has 248 valence electrons. The monoisotopic (exact) mass is 644 g/mol. The molecule has 6 rings (SSSR count). The number of hydrogen-bond acceptors (Lipinski definition) is 14. The molecule has 0 radical (unpaired) electrons. The van der Waals surface area contributed by atoms with Crippen molar-refractivity contribution in [1.82, 2.24) is 39.2 Å². The summed E-state index contributed by atoms with van der Waals surface area (Å²) in [6, 6.07) is 11.9. The highest BCUT2D eigenvalue weighted by Gasteiger charge is 2.15. The summed E-state index contributed by atoms with van der Waals surface area (Å²) in [6.07, 6.45) is 3.92. The zero-order valence-electron chi connectivity index (χ0n) is 27.1. The van der Waals surface area contributed by atoms with Gasteiger partial charge in [-0.05, 0) is 25.1 Å². The molecule has 5 aromatic heterocycles. The van der Waals surface area contributed by atoms with E-state index in [0.717, 1.165) is 45.7 Å². The first kappa shape index (κ1) is 32.9. The second-order valence-electron chi connectivity index (χ2n) is 10.7. The van der Waals surface area contributed by atoms with Gasteiger partial charge >= 0.3 is 0 Å². The summed E-state index contributed by atoms with van der Waals surface area (Å²) < 4.78 is 24.8. The molecule has 47 heavy (non-hydrogen) atoms. The third kappa shape index (κ3) is 8.03. The molecule has 16 nitrogen and oxygen atoms in total. The van der Waals surface area contributed by atoms with Gasteiger partial charge in [-0.1, -0.05) is 23.4 Å². The first-order chi connectivity index (χ1) is 22.8. The number of rotatable bonds is 13. The minimum absolute atomic E-state index is 0.128. The number of hydrogen-bond donors (Lipinski definition) is 4. The van der Waals surface area contributed by atoms with Crippen molar-refractivity contribution in [3.63, 3.8) is 0 Å². The van der Waals surface area contributed by atoms with Gasteiger partial charge in [-0.15, -0.1) is 0 Å². The lowest BCUT2D eigenvalue weighted by molar-refractivity contribution is 0.188. The van der Waals surface area contributed by atoms with Gasteiger partial charge in [0.1, 0.15) is 16.8 Å². The maximum Gasteiger partial charge on any atom is 0.223 e. The van der Waals surface area contributed by atoms with Crippen LogP contribution in [0.4, 0.5) is 23.5 Å². The van der Waals surface area contributed by atoms with E-state index in [0.29, 0.717) is 43.8 Å². The van der Waals surface area contributed by atoms with Crippen LogP contribution < -0.4 is 26.8 Å². The van der Waals surface area contributed by atoms with Gasteiger partial charge < -0.3 is 50.0 Å². The first-order valence-corrected chi connectivity index (χ1v) is 14.9. The molecule has 1 unspecified atom stereocenters. The highest BCUT2D eigenvalue weighted by atomic mass is 16.5. The number of nitrogen functional groups attached to an aromatic ring is 2. The fourth-order valence-electron chi connectivity index (χ4n) is 5.10. The second-order valence-corrected chi connectivity index (χ2v) is 10.7. The number of methoxy groups -OCH3 is 3. The summed E-state index contributed by atoms with van der Waals surface area (Å²) in [5, 5.41) is 10.4. The Labute approximate surface area is 271 Å². The summed E-state index contributed by atoms with van der Waals surface area (Å²) in [7, 11) is 5.01. The number of aromatic nitrogens is 8. The van der Waals surface area contributed by atoms with Crippen LogP contribution in [-0.2, 0) is 29.1 Å². The highest BCUT2D eigenvalue weighted by Crippen LogP contribution is 2.27. The van der Waals surface area contributed by atoms with E-state index in [1.807, 2.05) is 55.7 Å². The minimum Gasteiger partial charge on any atom is -0.496 e. The molecule has 6 aromatic rings. The SMILES string of the molecule is COCCn1ccc2nc(N)nc(NC(C)COC)c21.COc1ccccc1Cn1ccc2nc(N)nc(NCc3noc(C)n3)c21. The van der Waals surface area contributed by atoms with Crippen molar-refractivity contribution in [2.45, 2.75) is 39.5 Å². The summed E-state index contributed by atoms with van der Waals surface area (Å²) in [5.41, 5.74) is 16.0. The fourth-order valence-corrected chi connectivity index (χ4v) is 5.10. The Bertz CT molecular complexity index is 1920. The standard InChI is InChI=1S/C18H19N7O2.C13H21N5O2/c1-11-21-15(24-27-11)9-20-17-16-13(22-18(19)23-17)7-8-25(16)10-12-5-3-4-6-14(12)26-2;1-9(8-20-3)15-12-11-10(16-13(14)17-12)4-5-18(11)6-7-19-2/h3-8H,9-10H2,1-2H3,(H3,19,20,22,23);4-5,9H,6-8H2,1-3H3,(H3,14,15,16,17). The van der Waals surface area contributed by atoms with Crippen LogP contribution in [0.1, 0.15) is 24.2 Å². The van der Waals surface area contributed by atoms with Crippen molar-refractivity contribution in [2.24, 2.45) is 0 Å². The summed E-state index contributed by atoms with van der Waals surface area (Å²) in [4.78, 5) is 21.4. The predicted molar refractivity (Wildman–Crippen MR) is 179 cm³/mol. The van der Waals surface area contributed by atoms with Crippen LogP contribution in [0, 0.1) is 6.92 Å². The van der Waals surface area contributed by atoms with E-state index in [4.69, 9.17) is 30.2 Å². The lowest BCUT2D eigenvalue weighted by atomic mass is 10.2. The van der Waals surface area contributed by atoms with Crippen molar-refractivity contribution in [2.75, 3.05) is 56.6 Å². The highest BCUT2D eigenvalue weighted by molar-refractivity contribution is 5.88. The summed E-state index contributed by atoms with van der Waals surface area (Å²) in [5.74, 6) is 3.67. The van der Waals surface area contributed by atoms with Crippen molar-refractivity contribution in [3.05, 3.63) is 66.1 Å². The molecular weight excluding hydrogens is 604 g/mol. The Morgan fingerprint density at radius 1 is 0.851 bits per heavy atom. The molecule has 16 heteroatoms. The molecule has 0 saturated heterocycles. The first-order valence-electron chi connectivity index (χ1n) is 14.9. The van der Waals surface area contributed by atoms with Crippen LogP contribution in [0.3, 0.4) is 0 Å². The van der Waals surface area contributed by atoms with Gasteiger partial charge in [-0.25, -0.2) is 9.97 Å². The zero-order chi connectivity index (χ0) is 33.3. The largest absolute Gasteiger partial charge is 0.496 e. The van der Waals surface area contributed by atoms with Gasteiger partial charge in [0.25, 0.3) is 0 Å². The Hall–Kier alpha value is -5.48. The molecule has 0 fully saturated rings. The van der Waals surface area contributed by atoms with E-state index in [2.05, 4.69) is 49.8 Å². The number of nitrogens with two attached hydrogens (primary N) is 2. The molecule has 1 atom stereocenters. The number of anilines is 4. The van der Waals surface area contributed by atoms with Gasteiger partial charge in [-0.2, -0.15) is 15.0 Å². The normalized spacial score (nSPS) is 11.8. The summed E-state index contributed by atoms with van der Waals surface area (Å²) in [6.45, 7) is 6.69. The van der Waals surface area contributed by atoms with E-state index < -0.39 is 0 Å². The maximum atomic E-state index is 5.86. The molecule has 6 N–H and O–H groups in total. The number of benzene rings is 1. The topological polar surface area (TPSA) is 204 Å². The number of nitrogens with one attached hydrogen (secondary N) is 2. The van der Waals surface area contributed by atoms with Crippen LogP contribution in [0.15, 0.2) is 53.3 Å². The zero-order valence-corrected chi connectivity index (χ0v) is 27.1. The molecule has 0 amide bonds. The summed E-state index contributed by atoms with van der Waals surface area (Å²) >= 11 is 0. The number of para-hydroxylation sites is 1. The van der Waals surface area contributed by atoms with E-state index in [1.54, 1.807) is 28.3 Å². The van der Waals surface area contributed by atoms with Gasteiger partial charge in [0.05, 0.1) is 44.4 Å². The van der Waals surface area contributed by atoms with Crippen LogP contribution in [0.2, 0.25) is 0 Å². The van der Waals surface area contributed by atoms with Crippen LogP contribution in [0.5, 0.6) is 5.75 Å². The predicted octanol–water partition coefficient (Wildman–Crippen LogP) is 3.48. The number of nitrogens with zero attached hydrogens (tertiary/aromatic N) is 8. The Balaban J connectivity index is 0.000000194. The molecule has 0 spiro atoms. The number of fused-ring (bicyclic) bond motifs is 2. The van der Waals surface area contributed by atoms with Crippen molar-refractivity contribution in [1.29, 1.82) is 0 Å².